The van der Waals surface area contributed by atoms with Crippen LogP contribution in [0.2, 0.25) is 0 Å². The Bertz CT molecular complexity index is 634. The van der Waals surface area contributed by atoms with Gasteiger partial charge < -0.3 is 14.9 Å². The van der Waals surface area contributed by atoms with E-state index in [0.29, 0.717) is 24.2 Å². The van der Waals surface area contributed by atoms with Crippen molar-refractivity contribution in [3.8, 4) is 11.5 Å². The van der Waals surface area contributed by atoms with E-state index in [2.05, 4.69) is 6.92 Å². The van der Waals surface area contributed by atoms with Crippen LogP contribution < -0.4 is 4.74 Å². The molecule has 0 heterocycles. The van der Waals surface area contributed by atoms with Gasteiger partial charge in [0.25, 0.3) is 0 Å². The topological polar surface area (TPSA) is 66.8 Å². The first-order chi connectivity index (χ1) is 10.2. The van der Waals surface area contributed by atoms with Crippen molar-refractivity contribution in [1.82, 2.24) is 0 Å². The van der Waals surface area contributed by atoms with Crippen molar-refractivity contribution in [2.45, 2.75) is 51.6 Å². The SMILES string of the molecule is COc1ccc2c(c1O)C(=O)C[C@H]1C(C)(C)[C@@H](O)CC[C@]21C. The van der Waals surface area contributed by atoms with Crippen LogP contribution in [-0.2, 0) is 5.41 Å². The van der Waals surface area contributed by atoms with Gasteiger partial charge in [-0.15, -0.1) is 0 Å². The summed E-state index contributed by atoms with van der Waals surface area (Å²) < 4.78 is 5.14. The lowest BCUT2D eigenvalue weighted by atomic mass is 9.49. The Kier molecular flexibility index (Phi) is 3.29. The van der Waals surface area contributed by atoms with Gasteiger partial charge in [-0.25, -0.2) is 0 Å². The van der Waals surface area contributed by atoms with Crippen LogP contribution in [-0.4, -0.2) is 29.2 Å². The average Bonchev–Trinajstić information content (AvgIpc) is 2.47. The van der Waals surface area contributed by atoms with E-state index in [0.717, 1.165) is 12.0 Å². The Morgan fingerprint density at radius 3 is 2.59 bits per heavy atom. The molecule has 0 unspecified atom stereocenters. The van der Waals surface area contributed by atoms with Crippen molar-refractivity contribution in [3.05, 3.63) is 23.3 Å². The Morgan fingerprint density at radius 1 is 1.27 bits per heavy atom. The van der Waals surface area contributed by atoms with Crippen LogP contribution in [0.4, 0.5) is 0 Å². The molecule has 1 aromatic carbocycles. The number of benzene rings is 1. The highest BCUT2D eigenvalue weighted by Gasteiger charge is 2.55. The maximum Gasteiger partial charge on any atom is 0.168 e. The van der Waals surface area contributed by atoms with E-state index in [9.17, 15) is 15.0 Å². The summed E-state index contributed by atoms with van der Waals surface area (Å²) in [6, 6.07) is 3.64. The second-order valence-corrected chi connectivity index (χ2v) is 7.51. The van der Waals surface area contributed by atoms with E-state index in [1.165, 1.54) is 7.11 Å². The Labute approximate surface area is 131 Å². The smallest absolute Gasteiger partial charge is 0.168 e. The molecule has 3 atom stereocenters. The molecule has 0 spiro atoms. The van der Waals surface area contributed by atoms with Crippen LogP contribution in [0.25, 0.3) is 0 Å². The van der Waals surface area contributed by atoms with Gasteiger partial charge in [0.2, 0.25) is 0 Å². The summed E-state index contributed by atoms with van der Waals surface area (Å²) in [5.41, 5.74) is 0.767. The molecule has 2 aliphatic carbocycles. The Balaban J connectivity index is 2.21. The third-order valence-electron chi connectivity index (χ3n) is 6.11. The summed E-state index contributed by atoms with van der Waals surface area (Å²) in [5.74, 6) is 0.297. The standard InChI is InChI=1S/C18H24O4/c1-17(2)13-9-11(19)15-10(5-6-12(22-4)16(15)21)18(13,3)8-7-14(17)20/h5-6,13-14,20-21H,7-9H2,1-4H3/t13-,14-,18+/m0/s1. The van der Waals surface area contributed by atoms with Crippen LogP contribution in [0.3, 0.4) is 0 Å². The molecule has 2 aliphatic rings. The summed E-state index contributed by atoms with van der Waals surface area (Å²) in [6.45, 7) is 6.24. The van der Waals surface area contributed by atoms with E-state index in [4.69, 9.17) is 4.74 Å². The van der Waals surface area contributed by atoms with Gasteiger partial charge in [-0.1, -0.05) is 26.8 Å². The number of carbonyl (C=O) groups excluding carboxylic acids is 1. The highest BCUT2D eigenvalue weighted by atomic mass is 16.5. The van der Waals surface area contributed by atoms with Gasteiger partial charge in [0.1, 0.15) is 0 Å². The number of aliphatic hydroxyl groups excluding tert-OH is 1. The molecule has 4 heteroatoms. The maximum atomic E-state index is 12.7. The minimum absolute atomic E-state index is 0.0476. The minimum Gasteiger partial charge on any atom is -0.504 e. The van der Waals surface area contributed by atoms with Crippen molar-refractivity contribution in [3.63, 3.8) is 0 Å². The average molecular weight is 304 g/mol. The van der Waals surface area contributed by atoms with Gasteiger partial charge in [0.05, 0.1) is 18.8 Å². The normalized spacial score (nSPS) is 33.0. The highest BCUT2D eigenvalue weighted by molar-refractivity contribution is 6.02. The first kappa shape index (κ1) is 15.3. The van der Waals surface area contributed by atoms with E-state index >= 15 is 0 Å². The number of hydrogen-bond donors (Lipinski definition) is 2. The van der Waals surface area contributed by atoms with Crippen molar-refractivity contribution in [1.29, 1.82) is 0 Å². The number of ether oxygens (including phenoxy) is 1. The molecular weight excluding hydrogens is 280 g/mol. The summed E-state index contributed by atoms with van der Waals surface area (Å²) in [7, 11) is 1.49. The third kappa shape index (κ3) is 1.83. The maximum absolute atomic E-state index is 12.7. The fourth-order valence-corrected chi connectivity index (χ4v) is 4.63. The number of methoxy groups -OCH3 is 1. The molecule has 0 bridgehead atoms. The highest BCUT2D eigenvalue weighted by Crippen LogP contribution is 2.58. The largest absolute Gasteiger partial charge is 0.504 e. The lowest BCUT2D eigenvalue weighted by Gasteiger charge is -2.55. The Morgan fingerprint density at radius 2 is 1.95 bits per heavy atom. The summed E-state index contributed by atoms with van der Waals surface area (Å²) in [4.78, 5) is 12.7. The number of aromatic hydroxyl groups is 1. The second kappa shape index (κ2) is 4.72. The first-order valence-electron chi connectivity index (χ1n) is 7.85. The molecule has 2 N–H and O–H groups in total. The molecule has 1 saturated carbocycles. The number of hydrogen-bond acceptors (Lipinski definition) is 4. The molecule has 1 fully saturated rings. The fourth-order valence-electron chi connectivity index (χ4n) is 4.63. The number of aliphatic hydroxyl groups is 1. The summed E-state index contributed by atoms with van der Waals surface area (Å²) >= 11 is 0. The van der Waals surface area contributed by atoms with E-state index < -0.39 is 6.10 Å². The van der Waals surface area contributed by atoms with Crippen molar-refractivity contribution in [2.75, 3.05) is 7.11 Å². The number of Topliss-reactive ketones (excluding diaryl/α,β-unsaturated/α-hetero) is 1. The molecular formula is C18H24O4. The van der Waals surface area contributed by atoms with Crippen LogP contribution in [0.5, 0.6) is 11.5 Å². The van der Waals surface area contributed by atoms with E-state index in [1.807, 2.05) is 19.9 Å². The lowest BCUT2D eigenvalue weighted by molar-refractivity contribution is -0.0688. The van der Waals surface area contributed by atoms with Gasteiger partial charge in [0, 0.05) is 6.42 Å². The Hall–Kier alpha value is -1.55. The van der Waals surface area contributed by atoms with Crippen LogP contribution in [0.1, 0.15) is 56.0 Å². The minimum atomic E-state index is -0.397. The lowest BCUT2D eigenvalue weighted by Crippen LogP contribution is -2.54. The molecule has 0 saturated heterocycles. The second-order valence-electron chi connectivity index (χ2n) is 7.51. The number of ketones is 1. The number of phenolic OH excluding ortho intramolecular Hbond substituents is 1. The molecule has 3 rings (SSSR count). The first-order valence-corrected chi connectivity index (χ1v) is 7.85. The predicted octanol–water partition coefficient (Wildman–Crippen LogP) is 3.04. The molecule has 0 radical (unpaired) electrons. The molecule has 0 amide bonds. The summed E-state index contributed by atoms with van der Waals surface area (Å²) in [5, 5.41) is 20.8. The number of fused-ring (bicyclic) bond motifs is 3. The van der Waals surface area contributed by atoms with E-state index in [-0.39, 0.29) is 28.3 Å². The van der Waals surface area contributed by atoms with Crippen molar-refractivity contribution in [2.24, 2.45) is 11.3 Å². The van der Waals surface area contributed by atoms with E-state index in [1.54, 1.807) is 6.07 Å². The quantitative estimate of drug-likeness (QED) is 0.837. The fraction of sp³-hybridized carbons (Fsp3) is 0.611. The molecule has 0 aromatic heterocycles. The van der Waals surface area contributed by atoms with Crippen LogP contribution in [0.15, 0.2) is 12.1 Å². The molecule has 120 valence electrons. The van der Waals surface area contributed by atoms with Crippen LogP contribution in [0, 0.1) is 11.3 Å². The predicted molar refractivity (Wildman–Crippen MR) is 83.5 cm³/mol. The molecule has 4 nitrogen and oxygen atoms in total. The van der Waals surface area contributed by atoms with Gasteiger partial charge in [-0.05, 0) is 41.2 Å². The molecule has 1 aromatic rings. The molecule has 22 heavy (non-hydrogen) atoms. The van der Waals surface area contributed by atoms with Gasteiger partial charge in [-0.3, -0.25) is 4.79 Å². The van der Waals surface area contributed by atoms with Crippen molar-refractivity contribution < 1.29 is 19.7 Å². The van der Waals surface area contributed by atoms with Crippen molar-refractivity contribution >= 4 is 5.78 Å². The molecule has 0 aliphatic heterocycles. The number of phenols is 1. The van der Waals surface area contributed by atoms with Gasteiger partial charge >= 0.3 is 0 Å². The number of carbonyl (C=O) groups is 1. The monoisotopic (exact) mass is 304 g/mol. The number of rotatable bonds is 1. The van der Waals surface area contributed by atoms with Gasteiger partial charge in [0.15, 0.2) is 17.3 Å². The zero-order chi connectivity index (χ0) is 16.3. The van der Waals surface area contributed by atoms with Gasteiger partial charge in [-0.2, -0.15) is 0 Å². The summed E-state index contributed by atoms with van der Waals surface area (Å²) in [6.07, 6.45) is 1.48. The van der Waals surface area contributed by atoms with Crippen LogP contribution >= 0.6 is 0 Å². The zero-order valence-corrected chi connectivity index (χ0v) is 13.6. The zero-order valence-electron chi connectivity index (χ0n) is 13.6. The third-order valence-corrected chi connectivity index (χ3v) is 6.11.